The molecule has 0 radical (unpaired) electrons. The van der Waals surface area contributed by atoms with Gasteiger partial charge in [0.25, 0.3) is 0 Å². The first-order valence-corrected chi connectivity index (χ1v) is 11.5. The van der Waals surface area contributed by atoms with E-state index in [2.05, 4.69) is 32.9 Å². The van der Waals surface area contributed by atoms with E-state index >= 15 is 0 Å². The zero-order valence-corrected chi connectivity index (χ0v) is 18.1. The van der Waals surface area contributed by atoms with Crippen molar-refractivity contribution in [2.45, 2.75) is 90.3 Å². The lowest BCUT2D eigenvalue weighted by molar-refractivity contribution is -0.182. The van der Waals surface area contributed by atoms with Crippen LogP contribution in [0.4, 0.5) is 0 Å². The van der Waals surface area contributed by atoms with Gasteiger partial charge in [-0.25, -0.2) is 0 Å². The van der Waals surface area contributed by atoms with E-state index in [9.17, 15) is 9.59 Å². The van der Waals surface area contributed by atoms with Crippen molar-refractivity contribution in [3.8, 4) is 0 Å². The minimum Gasteiger partial charge on any atom is -0.458 e. The number of allylic oxidation sites excluding steroid dienone is 3. The Morgan fingerprint density at radius 2 is 1.93 bits per heavy atom. The van der Waals surface area contributed by atoms with Crippen LogP contribution in [0.3, 0.4) is 0 Å². The average molecular weight is 399 g/mol. The van der Waals surface area contributed by atoms with Crippen LogP contribution in [0.2, 0.25) is 0 Å². The Labute approximate surface area is 174 Å². The maximum Gasteiger partial charge on any atom is 0.306 e. The van der Waals surface area contributed by atoms with Crippen LogP contribution in [0.5, 0.6) is 0 Å². The lowest BCUT2D eigenvalue weighted by Crippen LogP contribution is -2.59. The number of hydrogen-bond acceptors (Lipinski definition) is 4. The van der Waals surface area contributed by atoms with Crippen LogP contribution >= 0.6 is 0 Å². The van der Waals surface area contributed by atoms with Gasteiger partial charge in [-0.3, -0.25) is 9.59 Å². The maximum atomic E-state index is 12.1. The third kappa shape index (κ3) is 2.54. The predicted molar refractivity (Wildman–Crippen MR) is 110 cm³/mol. The fourth-order valence-corrected chi connectivity index (χ4v) is 7.97. The van der Waals surface area contributed by atoms with Crippen molar-refractivity contribution >= 4 is 11.8 Å². The first-order chi connectivity index (χ1) is 13.8. The van der Waals surface area contributed by atoms with Crippen LogP contribution in [-0.4, -0.2) is 30.1 Å². The minimum absolute atomic E-state index is 0.000828. The van der Waals surface area contributed by atoms with Crippen LogP contribution in [-0.2, 0) is 19.1 Å². The number of esters is 1. The predicted octanol–water partition coefficient (Wildman–Crippen LogP) is 4.92. The number of rotatable bonds is 2. The van der Waals surface area contributed by atoms with Gasteiger partial charge in [-0.2, -0.15) is 0 Å². The zero-order valence-electron chi connectivity index (χ0n) is 18.1. The van der Waals surface area contributed by atoms with Gasteiger partial charge >= 0.3 is 5.97 Å². The van der Waals surface area contributed by atoms with Gasteiger partial charge in [-0.1, -0.05) is 26.0 Å². The average Bonchev–Trinajstić information content (AvgIpc) is 3.20. The van der Waals surface area contributed by atoms with Crippen LogP contribution in [0, 0.1) is 22.2 Å². The molecular formula is C25H34O4. The molecule has 1 heterocycles. The molecule has 5 rings (SSSR count). The van der Waals surface area contributed by atoms with Gasteiger partial charge in [0.05, 0.1) is 6.10 Å². The van der Waals surface area contributed by atoms with Gasteiger partial charge in [0, 0.05) is 30.3 Å². The van der Waals surface area contributed by atoms with Crippen LogP contribution < -0.4 is 0 Å². The molecule has 1 saturated heterocycles. The van der Waals surface area contributed by atoms with Gasteiger partial charge in [-0.05, 0) is 74.9 Å². The quantitative estimate of drug-likeness (QED) is 0.620. The monoisotopic (exact) mass is 398 g/mol. The molecule has 0 aromatic heterocycles. The zero-order chi connectivity index (χ0) is 20.5. The molecule has 4 aliphatic carbocycles. The molecule has 29 heavy (non-hydrogen) atoms. The summed E-state index contributed by atoms with van der Waals surface area (Å²) in [7, 11) is 0. The second-order valence-corrected chi connectivity index (χ2v) is 10.7. The van der Waals surface area contributed by atoms with Crippen molar-refractivity contribution in [1.82, 2.24) is 0 Å². The second-order valence-electron chi connectivity index (χ2n) is 10.7. The Morgan fingerprint density at radius 3 is 2.66 bits per heavy atom. The highest BCUT2D eigenvalue weighted by Gasteiger charge is 2.69. The highest BCUT2D eigenvalue weighted by atomic mass is 16.6. The van der Waals surface area contributed by atoms with Gasteiger partial charge < -0.3 is 9.47 Å². The Kier molecular flexibility index (Phi) is 4.24. The highest BCUT2D eigenvalue weighted by molar-refractivity contribution is 5.92. The van der Waals surface area contributed by atoms with E-state index in [1.54, 1.807) is 0 Å². The van der Waals surface area contributed by atoms with Gasteiger partial charge in [0.15, 0.2) is 5.78 Å². The van der Waals surface area contributed by atoms with Crippen molar-refractivity contribution in [1.29, 1.82) is 0 Å². The summed E-state index contributed by atoms with van der Waals surface area (Å²) in [6.07, 6.45) is 14.9. The molecule has 0 aromatic carbocycles. The van der Waals surface area contributed by atoms with E-state index in [-0.39, 0.29) is 39.7 Å². The van der Waals surface area contributed by atoms with Crippen LogP contribution in [0.15, 0.2) is 23.8 Å². The molecule has 2 saturated carbocycles. The van der Waals surface area contributed by atoms with Crippen LogP contribution in [0.1, 0.15) is 78.6 Å². The topological polar surface area (TPSA) is 52.6 Å². The van der Waals surface area contributed by atoms with E-state index < -0.39 is 0 Å². The van der Waals surface area contributed by atoms with Gasteiger partial charge in [0.2, 0.25) is 0 Å². The molecule has 0 aromatic rings. The number of hydrogen-bond donors (Lipinski definition) is 0. The number of carbonyl (C=O) groups excluding carboxylic acids is 2. The molecule has 0 amide bonds. The first kappa shape index (κ1) is 19.5. The lowest BCUT2D eigenvalue weighted by atomic mass is 9.46. The molecule has 4 nitrogen and oxygen atoms in total. The fraction of sp³-hybridized carbons (Fsp3) is 0.760. The van der Waals surface area contributed by atoms with E-state index in [0.29, 0.717) is 18.8 Å². The van der Waals surface area contributed by atoms with Crippen molar-refractivity contribution in [2.75, 3.05) is 6.61 Å². The van der Waals surface area contributed by atoms with Crippen molar-refractivity contribution < 1.29 is 19.1 Å². The lowest BCUT2D eigenvalue weighted by Gasteiger charge is -2.60. The SMILES string of the molecule is CCO[C@@H]1CCC2(C)C(CC[C@@]23CCC(=O)O3)C12C=CC1=CC(=O)CCC1(C)C2. The third-order valence-electron chi connectivity index (χ3n) is 9.44. The van der Waals surface area contributed by atoms with E-state index in [1.807, 2.05) is 6.08 Å². The molecule has 4 heteroatoms. The first-order valence-electron chi connectivity index (χ1n) is 11.5. The van der Waals surface area contributed by atoms with Gasteiger partial charge in [-0.15, -0.1) is 0 Å². The Morgan fingerprint density at radius 1 is 1.10 bits per heavy atom. The molecule has 0 bridgehead atoms. The largest absolute Gasteiger partial charge is 0.458 e. The number of ketones is 1. The molecule has 158 valence electrons. The Balaban J connectivity index is 1.60. The summed E-state index contributed by atoms with van der Waals surface area (Å²) in [5.74, 6) is 0.680. The number of fused-ring (bicyclic) bond motifs is 4. The van der Waals surface area contributed by atoms with E-state index in [0.717, 1.165) is 51.6 Å². The van der Waals surface area contributed by atoms with E-state index in [4.69, 9.17) is 9.47 Å². The number of ether oxygens (including phenoxy) is 2. The third-order valence-corrected chi connectivity index (χ3v) is 9.44. The summed E-state index contributed by atoms with van der Waals surface area (Å²) in [6.45, 7) is 7.54. The molecule has 5 aliphatic rings. The summed E-state index contributed by atoms with van der Waals surface area (Å²) in [6, 6.07) is 0. The second kappa shape index (κ2) is 6.29. The summed E-state index contributed by atoms with van der Waals surface area (Å²) < 4.78 is 12.5. The summed E-state index contributed by atoms with van der Waals surface area (Å²) >= 11 is 0. The van der Waals surface area contributed by atoms with E-state index in [1.165, 1.54) is 5.57 Å². The fourth-order valence-electron chi connectivity index (χ4n) is 7.97. The van der Waals surface area contributed by atoms with Crippen molar-refractivity contribution in [3.63, 3.8) is 0 Å². The molecule has 0 N–H and O–H groups in total. The van der Waals surface area contributed by atoms with Crippen molar-refractivity contribution in [3.05, 3.63) is 23.8 Å². The van der Waals surface area contributed by atoms with Crippen LogP contribution in [0.25, 0.3) is 0 Å². The number of carbonyl (C=O) groups is 2. The molecule has 3 fully saturated rings. The highest BCUT2D eigenvalue weighted by Crippen LogP contribution is 2.70. The summed E-state index contributed by atoms with van der Waals surface area (Å²) in [5.41, 5.74) is 0.889. The summed E-state index contributed by atoms with van der Waals surface area (Å²) in [5, 5.41) is 0. The molecule has 6 atom stereocenters. The molecular weight excluding hydrogens is 364 g/mol. The minimum atomic E-state index is -0.285. The summed E-state index contributed by atoms with van der Waals surface area (Å²) in [4.78, 5) is 24.2. The standard InChI is InChI=1S/C25H34O4/c1-4-28-20-8-11-23(3)19(7-13-25(23)14-9-21(27)29-25)24(20)12-5-17-15-18(26)6-10-22(17,2)16-24/h5,12,15,19-20H,4,6-11,13-14,16H2,1-3H3/t19?,20-,22?,23?,24?,25-/m1/s1. The maximum absolute atomic E-state index is 12.1. The molecule has 2 spiro atoms. The Hall–Kier alpha value is -1.42. The smallest absolute Gasteiger partial charge is 0.306 e. The normalized spacial score (nSPS) is 48.6. The van der Waals surface area contributed by atoms with Gasteiger partial charge in [0.1, 0.15) is 5.60 Å². The Bertz CT molecular complexity index is 812. The molecule has 1 aliphatic heterocycles. The van der Waals surface area contributed by atoms with Crippen molar-refractivity contribution in [2.24, 2.45) is 22.2 Å². The molecule has 4 unspecified atom stereocenters.